The normalized spacial score (nSPS) is 12.6. The molecule has 1 N–H and O–H groups in total. The molecule has 0 spiro atoms. The topological polar surface area (TPSA) is 73.3 Å². The Kier molecular flexibility index (Phi) is 3.23. The van der Waals surface area contributed by atoms with Crippen LogP contribution in [0.2, 0.25) is 0 Å². The predicted molar refractivity (Wildman–Crippen MR) is 99.6 cm³/mol. The molecule has 0 amide bonds. The van der Waals surface area contributed by atoms with Gasteiger partial charge in [0.25, 0.3) is 5.56 Å². The lowest BCUT2D eigenvalue weighted by atomic mass is 10.2. The van der Waals surface area contributed by atoms with E-state index in [1.54, 1.807) is 18.2 Å². The molecule has 5 rings (SSSR count). The van der Waals surface area contributed by atoms with Gasteiger partial charge >= 0.3 is 5.69 Å². The smallest absolute Gasteiger partial charge is 0.333 e. The van der Waals surface area contributed by atoms with Gasteiger partial charge in [0.1, 0.15) is 4.70 Å². The lowest BCUT2D eigenvalue weighted by molar-refractivity contribution is 0.174. The summed E-state index contributed by atoms with van der Waals surface area (Å²) in [7, 11) is 0. The summed E-state index contributed by atoms with van der Waals surface area (Å²) in [4.78, 5) is 29.2. The highest BCUT2D eigenvalue weighted by atomic mass is 32.1. The second-order valence-corrected chi connectivity index (χ2v) is 6.88. The fourth-order valence-corrected chi connectivity index (χ4v) is 4.06. The first-order valence-electron chi connectivity index (χ1n) is 7.95. The van der Waals surface area contributed by atoms with Crippen molar-refractivity contribution in [2.24, 2.45) is 0 Å². The van der Waals surface area contributed by atoms with E-state index < -0.39 is 5.69 Å². The second-order valence-electron chi connectivity index (χ2n) is 5.83. The SMILES string of the molecule is O=c1[nH]c2cc(-c3ccccc3)sc2c(=O)n1-c1ccc2c(c1)OCO2. The standard InChI is InChI=1S/C19H12N2O4S/c22-18-17-13(9-16(26-17)11-4-2-1-3-5-11)20-19(23)21(18)12-6-7-14-15(8-12)25-10-24-14/h1-9H,10H2,(H,20,23). The van der Waals surface area contributed by atoms with Crippen molar-refractivity contribution in [3.8, 4) is 27.6 Å². The number of H-pyrrole nitrogens is 1. The van der Waals surface area contributed by atoms with Gasteiger partial charge in [-0.2, -0.15) is 0 Å². The molecule has 0 saturated heterocycles. The average molecular weight is 364 g/mol. The number of benzene rings is 2. The summed E-state index contributed by atoms with van der Waals surface area (Å²) in [5.41, 5.74) is 1.15. The summed E-state index contributed by atoms with van der Waals surface area (Å²) in [6.07, 6.45) is 0. The van der Waals surface area contributed by atoms with Crippen molar-refractivity contribution in [2.75, 3.05) is 6.79 Å². The van der Waals surface area contributed by atoms with Gasteiger partial charge in [-0.3, -0.25) is 4.79 Å². The number of aromatic nitrogens is 2. The zero-order valence-electron chi connectivity index (χ0n) is 13.4. The number of nitrogens with zero attached hydrogens (tertiary/aromatic N) is 1. The van der Waals surface area contributed by atoms with Crippen LogP contribution >= 0.6 is 11.3 Å². The lowest BCUT2D eigenvalue weighted by Crippen LogP contribution is -2.32. The molecule has 7 heteroatoms. The Balaban J connectivity index is 1.72. The number of rotatable bonds is 2. The van der Waals surface area contributed by atoms with Crippen LogP contribution in [0.3, 0.4) is 0 Å². The van der Waals surface area contributed by atoms with Crippen LogP contribution in [-0.4, -0.2) is 16.3 Å². The number of thiophene rings is 1. The largest absolute Gasteiger partial charge is 0.454 e. The van der Waals surface area contributed by atoms with Gasteiger partial charge in [0.15, 0.2) is 11.5 Å². The van der Waals surface area contributed by atoms with Crippen LogP contribution in [0.5, 0.6) is 11.5 Å². The molecule has 1 aliphatic rings. The van der Waals surface area contributed by atoms with Crippen LogP contribution in [0.4, 0.5) is 0 Å². The first-order chi connectivity index (χ1) is 12.7. The van der Waals surface area contributed by atoms with Crippen molar-refractivity contribution >= 4 is 21.6 Å². The van der Waals surface area contributed by atoms with E-state index in [1.807, 2.05) is 36.4 Å². The first-order valence-corrected chi connectivity index (χ1v) is 8.77. The Bertz CT molecular complexity index is 1250. The van der Waals surface area contributed by atoms with Crippen molar-refractivity contribution in [3.05, 3.63) is 75.4 Å². The van der Waals surface area contributed by atoms with E-state index in [0.717, 1.165) is 15.0 Å². The second kappa shape index (κ2) is 5.60. The fourth-order valence-electron chi connectivity index (χ4n) is 3.01. The quantitative estimate of drug-likeness (QED) is 0.593. The van der Waals surface area contributed by atoms with Crippen molar-refractivity contribution in [3.63, 3.8) is 0 Å². The van der Waals surface area contributed by atoms with Gasteiger partial charge in [-0.1, -0.05) is 30.3 Å². The van der Waals surface area contributed by atoms with Gasteiger partial charge in [0.05, 0.1) is 11.2 Å². The highest BCUT2D eigenvalue weighted by molar-refractivity contribution is 7.22. The summed E-state index contributed by atoms with van der Waals surface area (Å²) in [6.45, 7) is 0.133. The number of ether oxygens (including phenoxy) is 2. The third kappa shape index (κ3) is 2.25. The van der Waals surface area contributed by atoms with E-state index >= 15 is 0 Å². The number of aromatic amines is 1. The predicted octanol–water partition coefficient (Wildman–Crippen LogP) is 3.14. The Hall–Kier alpha value is -3.32. The molecule has 0 bridgehead atoms. The first kappa shape index (κ1) is 15.0. The third-order valence-corrected chi connectivity index (χ3v) is 5.42. The van der Waals surface area contributed by atoms with E-state index in [9.17, 15) is 9.59 Å². The van der Waals surface area contributed by atoms with Crippen LogP contribution in [0, 0.1) is 0 Å². The monoisotopic (exact) mass is 364 g/mol. The Morgan fingerprint density at radius 3 is 2.62 bits per heavy atom. The van der Waals surface area contributed by atoms with Crippen molar-refractivity contribution < 1.29 is 9.47 Å². The Morgan fingerprint density at radius 1 is 0.962 bits per heavy atom. The summed E-state index contributed by atoms with van der Waals surface area (Å²) >= 11 is 1.36. The molecule has 0 aliphatic carbocycles. The van der Waals surface area contributed by atoms with Crippen molar-refractivity contribution in [2.45, 2.75) is 0 Å². The highest BCUT2D eigenvalue weighted by Gasteiger charge is 2.18. The molecule has 0 fully saturated rings. The fraction of sp³-hybridized carbons (Fsp3) is 0.0526. The molecule has 128 valence electrons. The van der Waals surface area contributed by atoms with Crippen LogP contribution in [0.1, 0.15) is 0 Å². The van der Waals surface area contributed by atoms with E-state index in [-0.39, 0.29) is 12.4 Å². The van der Waals surface area contributed by atoms with E-state index in [2.05, 4.69) is 4.98 Å². The van der Waals surface area contributed by atoms with Crippen LogP contribution in [-0.2, 0) is 0 Å². The Morgan fingerprint density at radius 2 is 1.77 bits per heavy atom. The maximum Gasteiger partial charge on any atom is 0.333 e. The van der Waals surface area contributed by atoms with Gasteiger partial charge < -0.3 is 14.5 Å². The molecule has 3 heterocycles. The lowest BCUT2D eigenvalue weighted by Gasteiger charge is -2.05. The van der Waals surface area contributed by atoms with Crippen LogP contribution in [0.15, 0.2) is 64.2 Å². The van der Waals surface area contributed by atoms with Crippen LogP contribution in [0.25, 0.3) is 26.3 Å². The maximum absolute atomic E-state index is 13.0. The van der Waals surface area contributed by atoms with Gasteiger partial charge in [0.2, 0.25) is 6.79 Å². The van der Waals surface area contributed by atoms with E-state index in [1.165, 1.54) is 11.3 Å². The maximum atomic E-state index is 13.0. The zero-order valence-corrected chi connectivity index (χ0v) is 14.2. The van der Waals surface area contributed by atoms with Crippen LogP contribution < -0.4 is 20.7 Å². The minimum absolute atomic E-state index is 0.133. The minimum atomic E-state index is -0.487. The zero-order chi connectivity index (χ0) is 17.7. The number of hydrogen-bond donors (Lipinski definition) is 1. The summed E-state index contributed by atoms with van der Waals surface area (Å²) in [5, 5.41) is 0. The number of fused-ring (bicyclic) bond motifs is 2. The molecule has 2 aromatic heterocycles. The highest BCUT2D eigenvalue weighted by Crippen LogP contribution is 2.34. The molecule has 0 radical (unpaired) electrons. The van der Waals surface area contributed by atoms with Gasteiger partial charge in [-0.25, -0.2) is 9.36 Å². The van der Waals surface area contributed by atoms with Gasteiger partial charge in [-0.05, 0) is 23.8 Å². The number of hydrogen-bond acceptors (Lipinski definition) is 5. The Labute approximate surface area is 150 Å². The summed E-state index contributed by atoms with van der Waals surface area (Å²) in [6, 6.07) is 16.6. The van der Waals surface area contributed by atoms with Crippen molar-refractivity contribution in [1.29, 1.82) is 0 Å². The molecule has 0 saturated carbocycles. The average Bonchev–Trinajstić information content (AvgIpc) is 3.29. The number of nitrogens with one attached hydrogen (secondary N) is 1. The van der Waals surface area contributed by atoms with Gasteiger partial charge in [0, 0.05) is 10.9 Å². The molecule has 2 aromatic carbocycles. The molecule has 0 atom stereocenters. The van der Waals surface area contributed by atoms with Crippen molar-refractivity contribution in [1.82, 2.24) is 9.55 Å². The molecule has 26 heavy (non-hydrogen) atoms. The van der Waals surface area contributed by atoms with E-state index in [4.69, 9.17) is 9.47 Å². The molecule has 0 unspecified atom stereocenters. The minimum Gasteiger partial charge on any atom is -0.454 e. The molecule has 1 aliphatic heterocycles. The van der Waals surface area contributed by atoms with Gasteiger partial charge in [-0.15, -0.1) is 11.3 Å². The molecular formula is C19H12N2O4S. The third-order valence-electron chi connectivity index (χ3n) is 4.25. The van der Waals surface area contributed by atoms with E-state index in [0.29, 0.717) is 27.4 Å². The molecular weight excluding hydrogens is 352 g/mol. The molecule has 6 nitrogen and oxygen atoms in total. The molecule has 4 aromatic rings. The summed E-state index contributed by atoms with van der Waals surface area (Å²) in [5.74, 6) is 1.12. The summed E-state index contributed by atoms with van der Waals surface area (Å²) < 4.78 is 12.2.